The highest BCUT2D eigenvalue weighted by Gasteiger charge is 2.09. The van der Waals surface area contributed by atoms with Gasteiger partial charge < -0.3 is 4.74 Å². The maximum Gasteiger partial charge on any atom is 0.311 e. The molecule has 16 heavy (non-hydrogen) atoms. The minimum Gasteiger partial charge on any atom is -0.446 e. The third-order valence-corrected chi connectivity index (χ3v) is 1.88. The van der Waals surface area contributed by atoms with Gasteiger partial charge >= 0.3 is 5.97 Å². The third kappa shape index (κ3) is 3.86. The summed E-state index contributed by atoms with van der Waals surface area (Å²) in [5.41, 5.74) is -0.0405. The first-order valence-electron chi connectivity index (χ1n) is 4.56. The van der Waals surface area contributed by atoms with Crippen molar-refractivity contribution in [1.29, 1.82) is 0 Å². The molecule has 1 aromatic rings. The summed E-state index contributed by atoms with van der Waals surface area (Å²) in [6, 6.07) is 5.70. The van der Waals surface area contributed by atoms with Crippen LogP contribution in [0.5, 0.6) is 0 Å². The van der Waals surface area contributed by atoms with E-state index in [1.54, 1.807) is 0 Å². The number of non-ortho nitro benzene ring substituents is 1. The first-order chi connectivity index (χ1) is 7.49. The van der Waals surface area contributed by atoms with Gasteiger partial charge in [0.15, 0.2) is 5.56 Å². The monoisotopic (exact) mass is 243 g/mol. The molecule has 0 aliphatic heterocycles. The molecule has 5 nitrogen and oxygen atoms in total. The molecule has 0 amide bonds. The van der Waals surface area contributed by atoms with Gasteiger partial charge in [0.1, 0.15) is 0 Å². The molecule has 0 aliphatic carbocycles. The molecule has 0 radical (unpaired) electrons. The predicted molar refractivity (Wildman–Crippen MR) is 58.2 cm³/mol. The largest absolute Gasteiger partial charge is 0.446 e. The second-order valence-corrected chi connectivity index (χ2v) is 3.75. The summed E-state index contributed by atoms with van der Waals surface area (Å²) >= 11 is 5.47. The van der Waals surface area contributed by atoms with E-state index in [9.17, 15) is 14.9 Å². The minimum atomic E-state index is -0.675. The molecule has 0 N–H and O–H groups in total. The van der Waals surface area contributed by atoms with Gasteiger partial charge in [0.2, 0.25) is 0 Å². The van der Waals surface area contributed by atoms with Crippen molar-refractivity contribution in [3.63, 3.8) is 0 Å². The fraction of sp³-hybridized carbons (Fsp3) is 0.300. The molecule has 1 unspecified atom stereocenters. The Morgan fingerprint density at radius 1 is 1.50 bits per heavy atom. The van der Waals surface area contributed by atoms with Gasteiger partial charge in [-0.15, -0.1) is 0 Å². The number of hydrogen-bond acceptors (Lipinski definition) is 4. The molecule has 0 spiro atoms. The molecule has 0 fully saturated rings. The summed E-state index contributed by atoms with van der Waals surface area (Å²) in [4.78, 5) is 21.1. The van der Waals surface area contributed by atoms with Crippen LogP contribution in [-0.2, 0) is 16.0 Å². The highest BCUT2D eigenvalue weighted by molar-refractivity contribution is 6.19. The number of carbonyl (C=O) groups excluding carboxylic acids is 1. The number of halogens is 1. The lowest BCUT2D eigenvalue weighted by Gasteiger charge is -2.05. The Labute approximate surface area is 97.1 Å². The van der Waals surface area contributed by atoms with Crippen molar-refractivity contribution in [3.05, 3.63) is 39.9 Å². The Kier molecular flexibility index (Phi) is 4.25. The van der Waals surface area contributed by atoms with E-state index in [-0.39, 0.29) is 12.1 Å². The lowest BCUT2D eigenvalue weighted by Crippen LogP contribution is -2.11. The molecular weight excluding hydrogens is 234 g/mol. The quantitative estimate of drug-likeness (QED) is 0.352. The summed E-state index contributed by atoms with van der Waals surface area (Å²) in [5, 5.41) is 10.4. The zero-order valence-corrected chi connectivity index (χ0v) is 9.31. The van der Waals surface area contributed by atoms with Crippen molar-refractivity contribution in [2.24, 2.45) is 0 Å². The van der Waals surface area contributed by atoms with Gasteiger partial charge in [-0.25, -0.2) is 0 Å². The molecule has 1 rings (SSSR count). The number of hydrogen-bond donors (Lipinski definition) is 0. The van der Waals surface area contributed by atoms with Crippen LogP contribution in [0.3, 0.4) is 0 Å². The number of ether oxygens (including phenoxy) is 1. The molecule has 0 heterocycles. The first kappa shape index (κ1) is 12.4. The van der Waals surface area contributed by atoms with Gasteiger partial charge in [0, 0.05) is 12.1 Å². The average molecular weight is 244 g/mol. The zero-order valence-electron chi connectivity index (χ0n) is 8.55. The summed E-state index contributed by atoms with van der Waals surface area (Å²) < 4.78 is 4.72. The van der Waals surface area contributed by atoms with Gasteiger partial charge in [0.25, 0.3) is 5.69 Å². The van der Waals surface area contributed by atoms with Crippen LogP contribution in [0, 0.1) is 10.1 Å². The number of carbonyl (C=O) groups is 1. The van der Waals surface area contributed by atoms with E-state index in [1.165, 1.54) is 31.2 Å². The van der Waals surface area contributed by atoms with Crippen LogP contribution in [0.25, 0.3) is 0 Å². The van der Waals surface area contributed by atoms with Crippen molar-refractivity contribution in [2.45, 2.75) is 18.9 Å². The smallest absolute Gasteiger partial charge is 0.311 e. The van der Waals surface area contributed by atoms with Crippen molar-refractivity contribution >= 4 is 23.3 Å². The van der Waals surface area contributed by atoms with Crippen LogP contribution in [0.2, 0.25) is 0 Å². The van der Waals surface area contributed by atoms with Crippen LogP contribution in [0.4, 0.5) is 5.69 Å². The van der Waals surface area contributed by atoms with Crippen LogP contribution in [-0.4, -0.2) is 16.5 Å². The molecule has 0 saturated carbocycles. The van der Waals surface area contributed by atoms with Crippen LogP contribution in [0.15, 0.2) is 24.3 Å². The second kappa shape index (κ2) is 5.46. The van der Waals surface area contributed by atoms with Gasteiger partial charge in [-0.2, -0.15) is 0 Å². The summed E-state index contributed by atoms with van der Waals surface area (Å²) in [6.07, 6.45) is 0.0506. The molecule has 0 saturated heterocycles. The van der Waals surface area contributed by atoms with Gasteiger partial charge in [-0.05, 0) is 12.5 Å². The van der Waals surface area contributed by atoms with E-state index >= 15 is 0 Å². The number of nitro groups is 1. The van der Waals surface area contributed by atoms with E-state index in [0.717, 1.165) is 0 Å². The average Bonchev–Trinajstić information content (AvgIpc) is 2.16. The van der Waals surface area contributed by atoms with Crippen molar-refractivity contribution < 1.29 is 14.5 Å². The Balaban J connectivity index is 2.62. The van der Waals surface area contributed by atoms with E-state index in [2.05, 4.69) is 0 Å². The zero-order chi connectivity index (χ0) is 12.1. The normalized spacial score (nSPS) is 11.9. The molecule has 0 aliphatic rings. The SMILES string of the molecule is CC(Cl)OC(=O)Cc1ccc([N+](=O)[O-])cc1. The molecule has 6 heteroatoms. The minimum absolute atomic E-state index is 0.0113. The number of nitrogens with zero attached hydrogens (tertiary/aromatic N) is 1. The van der Waals surface area contributed by atoms with Gasteiger partial charge in [0.05, 0.1) is 11.3 Å². The summed E-state index contributed by atoms with van der Waals surface area (Å²) in [6.45, 7) is 1.54. The fourth-order valence-electron chi connectivity index (χ4n) is 1.12. The van der Waals surface area contributed by atoms with Crippen molar-refractivity contribution in [2.75, 3.05) is 0 Å². The van der Waals surface area contributed by atoms with Crippen LogP contribution >= 0.6 is 11.6 Å². The number of rotatable bonds is 4. The first-order valence-corrected chi connectivity index (χ1v) is 4.99. The maximum absolute atomic E-state index is 11.2. The molecule has 1 aromatic carbocycles. The predicted octanol–water partition coefficient (Wildman–Crippen LogP) is 2.27. The Morgan fingerprint density at radius 2 is 2.06 bits per heavy atom. The van der Waals surface area contributed by atoms with E-state index in [4.69, 9.17) is 16.3 Å². The Hall–Kier alpha value is -1.62. The molecule has 1 atom stereocenters. The van der Waals surface area contributed by atoms with E-state index in [0.29, 0.717) is 5.56 Å². The summed E-state index contributed by atoms with van der Waals surface area (Å²) in [7, 11) is 0. The van der Waals surface area contributed by atoms with Crippen molar-refractivity contribution in [1.82, 2.24) is 0 Å². The van der Waals surface area contributed by atoms with E-state index in [1.807, 2.05) is 0 Å². The standard InChI is InChI=1S/C10H10ClNO4/c1-7(11)16-10(13)6-8-2-4-9(5-3-8)12(14)15/h2-5,7H,6H2,1H3. The van der Waals surface area contributed by atoms with Crippen LogP contribution < -0.4 is 0 Å². The fourth-order valence-corrected chi connectivity index (χ4v) is 1.22. The van der Waals surface area contributed by atoms with Crippen molar-refractivity contribution in [3.8, 4) is 0 Å². The molecular formula is C10H10ClNO4. The number of alkyl halides is 1. The summed E-state index contributed by atoms with van der Waals surface area (Å²) in [5.74, 6) is -0.462. The highest BCUT2D eigenvalue weighted by Crippen LogP contribution is 2.13. The second-order valence-electron chi connectivity index (χ2n) is 3.13. The van der Waals surface area contributed by atoms with Crippen LogP contribution in [0.1, 0.15) is 12.5 Å². The maximum atomic E-state index is 11.2. The van der Waals surface area contributed by atoms with Gasteiger partial charge in [-0.3, -0.25) is 14.9 Å². The molecule has 0 aromatic heterocycles. The number of benzene rings is 1. The third-order valence-electron chi connectivity index (χ3n) is 1.79. The number of nitro benzene ring substituents is 1. The van der Waals surface area contributed by atoms with E-state index < -0.39 is 16.5 Å². The lowest BCUT2D eigenvalue weighted by atomic mass is 10.1. The molecule has 86 valence electrons. The molecule has 0 bridgehead atoms. The Bertz CT molecular complexity index is 388. The topological polar surface area (TPSA) is 69.4 Å². The Morgan fingerprint density at radius 3 is 2.50 bits per heavy atom. The highest BCUT2D eigenvalue weighted by atomic mass is 35.5. The number of esters is 1. The lowest BCUT2D eigenvalue weighted by molar-refractivity contribution is -0.384. The van der Waals surface area contributed by atoms with Gasteiger partial charge in [-0.1, -0.05) is 23.7 Å².